The fraction of sp³-hybridized carbons (Fsp3) is 0.500. The summed E-state index contributed by atoms with van der Waals surface area (Å²) >= 11 is 0. The number of nitro groups is 1. The molecule has 0 atom stereocenters. The summed E-state index contributed by atoms with van der Waals surface area (Å²) in [7, 11) is 3.28. The maximum Gasteiger partial charge on any atom is 0.292 e. The van der Waals surface area contributed by atoms with Crippen LogP contribution in [0.15, 0.2) is 24.3 Å². The van der Waals surface area contributed by atoms with Crippen LogP contribution in [0.4, 0.5) is 11.4 Å². The highest BCUT2D eigenvalue weighted by Crippen LogP contribution is 2.31. The average molecular weight is 334 g/mol. The number of hydrogen-bond acceptors (Lipinski definition) is 5. The number of carbonyl (C=O) groups excluding carboxylic acids is 2. The van der Waals surface area contributed by atoms with E-state index in [4.69, 9.17) is 0 Å². The van der Waals surface area contributed by atoms with Crippen LogP contribution in [0.3, 0.4) is 0 Å². The number of anilines is 1. The fourth-order valence-corrected chi connectivity index (χ4v) is 2.73. The second-order valence-electron chi connectivity index (χ2n) is 6.01. The third kappa shape index (κ3) is 4.21. The van der Waals surface area contributed by atoms with E-state index in [9.17, 15) is 19.7 Å². The van der Waals surface area contributed by atoms with Crippen molar-refractivity contribution in [2.24, 2.45) is 5.92 Å². The average Bonchev–Trinajstić information content (AvgIpc) is 2.59. The summed E-state index contributed by atoms with van der Waals surface area (Å²) in [6, 6.07) is 6.63. The van der Waals surface area contributed by atoms with E-state index in [2.05, 4.69) is 5.32 Å². The Morgan fingerprint density at radius 3 is 2.50 bits per heavy atom. The van der Waals surface area contributed by atoms with Crippen LogP contribution >= 0.6 is 0 Å². The zero-order valence-corrected chi connectivity index (χ0v) is 13.9. The molecule has 130 valence electrons. The molecular weight excluding hydrogens is 312 g/mol. The van der Waals surface area contributed by atoms with Crippen molar-refractivity contribution >= 4 is 23.2 Å². The molecule has 2 rings (SSSR count). The standard InChI is InChI=1S/C16H22N4O4/c1-18(2)15(21)11-17-16(22)12-7-9-19(10-8-12)13-5-3-4-6-14(13)20(23)24/h3-6,12H,7-11H2,1-2H3,(H,17,22). The SMILES string of the molecule is CN(C)C(=O)CNC(=O)C1CCN(c2ccccc2[N+](=O)[O-])CC1. The van der Waals surface area contributed by atoms with Gasteiger partial charge in [0.1, 0.15) is 5.69 Å². The summed E-state index contributed by atoms with van der Waals surface area (Å²) in [5.41, 5.74) is 0.668. The van der Waals surface area contributed by atoms with E-state index in [0.29, 0.717) is 31.6 Å². The van der Waals surface area contributed by atoms with E-state index < -0.39 is 0 Å². The highest BCUT2D eigenvalue weighted by atomic mass is 16.6. The maximum atomic E-state index is 12.1. The molecule has 0 bridgehead atoms. The van der Waals surface area contributed by atoms with Crippen LogP contribution in [0, 0.1) is 16.0 Å². The van der Waals surface area contributed by atoms with Gasteiger partial charge in [0.2, 0.25) is 11.8 Å². The van der Waals surface area contributed by atoms with Crippen molar-refractivity contribution in [3.05, 3.63) is 34.4 Å². The minimum absolute atomic E-state index is 0.00377. The molecule has 0 spiro atoms. The lowest BCUT2D eigenvalue weighted by atomic mass is 9.95. The quantitative estimate of drug-likeness (QED) is 0.640. The highest BCUT2D eigenvalue weighted by Gasteiger charge is 2.28. The van der Waals surface area contributed by atoms with E-state index >= 15 is 0 Å². The summed E-state index contributed by atoms with van der Waals surface area (Å²) < 4.78 is 0. The summed E-state index contributed by atoms with van der Waals surface area (Å²) in [5, 5.41) is 13.8. The van der Waals surface area contributed by atoms with Crippen LogP contribution < -0.4 is 10.2 Å². The lowest BCUT2D eigenvalue weighted by Crippen LogP contribution is -2.43. The maximum absolute atomic E-state index is 12.1. The molecule has 1 fully saturated rings. The molecule has 2 amide bonds. The molecule has 0 saturated carbocycles. The number of para-hydroxylation sites is 2. The lowest BCUT2D eigenvalue weighted by Gasteiger charge is -2.32. The Bertz CT molecular complexity index is 624. The van der Waals surface area contributed by atoms with Gasteiger partial charge in [-0.25, -0.2) is 0 Å². The molecule has 8 nitrogen and oxygen atoms in total. The van der Waals surface area contributed by atoms with Gasteiger partial charge in [0, 0.05) is 39.2 Å². The number of amides is 2. The van der Waals surface area contributed by atoms with E-state index in [1.54, 1.807) is 32.3 Å². The summed E-state index contributed by atoms with van der Waals surface area (Å²) in [6.45, 7) is 1.14. The van der Waals surface area contributed by atoms with Crippen molar-refractivity contribution < 1.29 is 14.5 Å². The first-order valence-corrected chi connectivity index (χ1v) is 7.86. The smallest absolute Gasteiger partial charge is 0.292 e. The summed E-state index contributed by atoms with van der Waals surface area (Å²) in [5.74, 6) is -0.452. The molecule has 1 aliphatic rings. The number of rotatable bonds is 5. The van der Waals surface area contributed by atoms with E-state index in [1.165, 1.54) is 11.0 Å². The minimum atomic E-state index is -0.388. The van der Waals surface area contributed by atoms with Crippen molar-refractivity contribution in [1.29, 1.82) is 0 Å². The van der Waals surface area contributed by atoms with Crippen molar-refractivity contribution in [3.63, 3.8) is 0 Å². The van der Waals surface area contributed by atoms with Crippen molar-refractivity contribution in [2.45, 2.75) is 12.8 Å². The second kappa shape index (κ2) is 7.76. The predicted molar refractivity (Wildman–Crippen MR) is 89.7 cm³/mol. The second-order valence-corrected chi connectivity index (χ2v) is 6.01. The van der Waals surface area contributed by atoms with Gasteiger partial charge in [0.05, 0.1) is 11.5 Å². The molecule has 1 saturated heterocycles. The van der Waals surface area contributed by atoms with Gasteiger partial charge in [-0.2, -0.15) is 0 Å². The minimum Gasteiger partial charge on any atom is -0.366 e. The van der Waals surface area contributed by atoms with Crippen LogP contribution in [-0.2, 0) is 9.59 Å². The zero-order valence-electron chi connectivity index (χ0n) is 13.9. The summed E-state index contributed by atoms with van der Waals surface area (Å²) in [4.78, 5) is 37.7. The van der Waals surface area contributed by atoms with Gasteiger partial charge in [0.15, 0.2) is 0 Å². The monoisotopic (exact) mass is 334 g/mol. The number of nitro benzene ring substituents is 1. The Morgan fingerprint density at radius 1 is 1.29 bits per heavy atom. The number of benzene rings is 1. The zero-order chi connectivity index (χ0) is 17.7. The van der Waals surface area contributed by atoms with Gasteiger partial charge >= 0.3 is 0 Å². The molecule has 1 heterocycles. The molecule has 1 aromatic rings. The Labute approximate surface area is 140 Å². The van der Waals surface area contributed by atoms with Crippen LogP contribution in [0.25, 0.3) is 0 Å². The Balaban J connectivity index is 1.91. The molecule has 1 aliphatic heterocycles. The van der Waals surface area contributed by atoms with Gasteiger partial charge in [-0.3, -0.25) is 19.7 Å². The van der Waals surface area contributed by atoms with Crippen LogP contribution in [0.5, 0.6) is 0 Å². The molecule has 1 aromatic carbocycles. The largest absolute Gasteiger partial charge is 0.366 e. The van der Waals surface area contributed by atoms with Crippen molar-refractivity contribution in [1.82, 2.24) is 10.2 Å². The first-order chi connectivity index (χ1) is 11.4. The molecule has 24 heavy (non-hydrogen) atoms. The Morgan fingerprint density at radius 2 is 1.92 bits per heavy atom. The number of piperidine rings is 1. The van der Waals surface area contributed by atoms with Gasteiger partial charge < -0.3 is 15.1 Å². The third-order valence-corrected chi connectivity index (χ3v) is 4.20. The topological polar surface area (TPSA) is 95.8 Å². The number of likely N-dealkylation sites (N-methyl/N-ethyl adjacent to an activating group) is 1. The molecular formula is C16H22N4O4. The van der Waals surface area contributed by atoms with Gasteiger partial charge in [-0.1, -0.05) is 12.1 Å². The van der Waals surface area contributed by atoms with E-state index in [0.717, 1.165) is 0 Å². The molecule has 1 N–H and O–H groups in total. The summed E-state index contributed by atoms with van der Waals surface area (Å²) in [6.07, 6.45) is 1.21. The molecule has 0 aliphatic carbocycles. The first-order valence-electron chi connectivity index (χ1n) is 7.86. The number of nitrogens with one attached hydrogen (secondary N) is 1. The Kier molecular flexibility index (Phi) is 5.73. The van der Waals surface area contributed by atoms with Crippen LogP contribution in [0.1, 0.15) is 12.8 Å². The van der Waals surface area contributed by atoms with Crippen molar-refractivity contribution in [3.8, 4) is 0 Å². The normalized spacial score (nSPS) is 15.0. The van der Waals surface area contributed by atoms with Crippen molar-refractivity contribution in [2.75, 3.05) is 38.6 Å². The van der Waals surface area contributed by atoms with Crippen LogP contribution in [-0.4, -0.2) is 55.4 Å². The molecule has 0 radical (unpaired) electrons. The first kappa shape index (κ1) is 17.7. The van der Waals surface area contributed by atoms with Gasteiger partial charge in [-0.05, 0) is 18.9 Å². The van der Waals surface area contributed by atoms with E-state index in [1.807, 2.05) is 4.90 Å². The van der Waals surface area contributed by atoms with Gasteiger partial charge in [0.25, 0.3) is 5.69 Å². The predicted octanol–water partition coefficient (Wildman–Crippen LogP) is 1.02. The molecule has 0 unspecified atom stereocenters. The number of carbonyl (C=O) groups is 2. The third-order valence-electron chi connectivity index (χ3n) is 4.20. The fourth-order valence-electron chi connectivity index (χ4n) is 2.73. The molecule has 8 heteroatoms. The van der Waals surface area contributed by atoms with E-state index in [-0.39, 0.29) is 34.9 Å². The van der Waals surface area contributed by atoms with Gasteiger partial charge in [-0.15, -0.1) is 0 Å². The number of hydrogen-bond donors (Lipinski definition) is 1. The van der Waals surface area contributed by atoms with Crippen LogP contribution in [0.2, 0.25) is 0 Å². The molecule has 0 aromatic heterocycles. The lowest BCUT2D eigenvalue weighted by molar-refractivity contribution is -0.384. The highest BCUT2D eigenvalue weighted by molar-refractivity contribution is 5.85. The Hall–Kier alpha value is -2.64. The number of nitrogens with zero attached hydrogens (tertiary/aromatic N) is 3.